The molecule has 0 aliphatic carbocycles. The molecule has 0 spiro atoms. The monoisotopic (exact) mass is 225 g/mol. The van der Waals surface area contributed by atoms with Crippen molar-refractivity contribution >= 4 is 5.96 Å². The first-order valence-electron chi connectivity index (χ1n) is 4.64. The van der Waals surface area contributed by atoms with Gasteiger partial charge in [0.25, 0.3) is 0 Å². The first kappa shape index (κ1) is 14.1. The zero-order chi connectivity index (χ0) is 12.3. The summed E-state index contributed by atoms with van der Waals surface area (Å²) in [7, 11) is 1.50. The molecule has 0 amide bonds. The van der Waals surface area contributed by atoms with Crippen LogP contribution in [0.5, 0.6) is 0 Å². The van der Waals surface area contributed by atoms with E-state index in [1.165, 1.54) is 11.9 Å². The molecule has 3 nitrogen and oxygen atoms in total. The van der Waals surface area contributed by atoms with Gasteiger partial charge in [-0.25, -0.2) is 4.99 Å². The molecule has 0 aromatic heterocycles. The molecule has 0 aromatic carbocycles. The Kier molecular flexibility index (Phi) is 4.42. The van der Waals surface area contributed by atoms with E-state index in [9.17, 15) is 13.2 Å². The lowest BCUT2D eigenvalue weighted by Crippen LogP contribution is -2.38. The van der Waals surface area contributed by atoms with Gasteiger partial charge in [0.05, 0.1) is 12.0 Å². The van der Waals surface area contributed by atoms with Gasteiger partial charge in [0.1, 0.15) is 0 Å². The van der Waals surface area contributed by atoms with E-state index in [0.29, 0.717) is 0 Å². The number of aliphatic imine (C=N–C) groups is 1. The van der Waals surface area contributed by atoms with Gasteiger partial charge in [-0.1, -0.05) is 0 Å². The molecule has 90 valence electrons. The van der Waals surface area contributed by atoms with E-state index in [2.05, 4.69) is 4.99 Å². The Morgan fingerprint density at radius 3 is 2.07 bits per heavy atom. The van der Waals surface area contributed by atoms with Gasteiger partial charge in [-0.2, -0.15) is 13.2 Å². The fraction of sp³-hybridized carbons (Fsp3) is 0.889. The van der Waals surface area contributed by atoms with Crippen LogP contribution in [0.15, 0.2) is 4.99 Å². The number of nitrogens with zero attached hydrogens (tertiary/aromatic N) is 2. The highest BCUT2D eigenvalue weighted by Crippen LogP contribution is 2.19. The average Bonchev–Trinajstić information content (AvgIpc) is 1.95. The van der Waals surface area contributed by atoms with E-state index in [-0.39, 0.29) is 18.0 Å². The van der Waals surface area contributed by atoms with Crippen molar-refractivity contribution in [2.24, 2.45) is 10.7 Å². The van der Waals surface area contributed by atoms with Crippen molar-refractivity contribution in [3.05, 3.63) is 0 Å². The molecular formula is C9H18F3N3. The molecule has 0 atom stereocenters. The summed E-state index contributed by atoms with van der Waals surface area (Å²) in [5.41, 5.74) is 5.16. The molecule has 0 heterocycles. The van der Waals surface area contributed by atoms with Crippen molar-refractivity contribution in [2.45, 2.75) is 38.9 Å². The third-order valence-electron chi connectivity index (χ3n) is 1.57. The molecule has 0 aliphatic heterocycles. The Morgan fingerprint density at radius 2 is 1.73 bits per heavy atom. The standard InChI is InChI=1S/C9H18F3N3/c1-8(2,3)14-7(13)15(4)6-5-9(10,11)12/h5-6H2,1-4H3,(H2,13,14). The largest absolute Gasteiger partial charge is 0.390 e. The minimum atomic E-state index is -4.16. The number of nitrogens with two attached hydrogens (primary N) is 1. The van der Waals surface area contributed by atoms with Gasteiger partial charge in [-0.3, -0.25) is 0 Å². The summed E-state index contributed by atoms with van der Waals surface area (Å²) in [6, 6.07) is 0. The number of guanidine groups is 1. The van der Waals surface area contributed by atoms with Gasteiger partial charge in [-0.15, -0.1) is 0 Å². The number of alkyl halides is 3. The molecule has 0 aromatic rings. The van der Waals surface area contributed by atoms with E-state index in [4.69, 9.17) is 5.73 Å². The lowest BCUT2D eigenvalue weighted by Gasteiger charge is -2.22. The van der Waals surface area contributed by atoms with E-state index in [0.717, 1.165) is 0 Å². The predicted molar refractivity (Wildman–Crippen MR) is 54.7 cm³/mol. The zero-order valence-corrected chi connectivity index (χ0v) is 9.52. The van der Waals surface area contributed by atoms with Crippen LogP contribution >= 0.6 is 0 Å². The van der Waals surface area contributed by atoms with E-state index in [1.807, 2.05) is 20.8 Å². The van der Waals surface area contributed by atoms with Crippen molar-refractivity contribution in [3.8, 4) is 0 Å². The zero-order valence-electron chi connectivity index (χ0n) is 9.52. The van der Waals surface area contributed by atoms with Crippen LogP contribution in [0.3, 0.4) is 0 Å². The Morgan fingerprint density at radius 1 is 1.27 bits per heavy atom. The molecule has 0 rings (SSSR count). The molecular weight excluding hydrogens is 207 g/mol. The summed E-state index contributed by atoms with van der Waals surface area (Å²) in [5.74, 6) is 0.131. The van der Waals surface area contributed by atoms with Crippen molar-refractivity contribution in [1.82, 2.24) is 4.90 Å². The Balaban J connectivity index is 4.23. The molecule has 0 fully saturated rings. The minimum Gasteiger partial charge on any atom is -0.370 e. The van der Waals surface area contributed by atoms with Crippen LogP contribution in [0, 0.1) is 0 Å². The molecule has 0 saturated carbocycles. The highest BCUT2D eigenvalue weighted by atomic mass is 19.4. The topological polar surface area (TPSA) is 41.6 Å². The van der Waals surface area contributed by atoms with Gasteiger partial charge in [0.2, 0.25) is 0 Å². The predicted octanol–water partition coefficient (Wildman–Crippen LogP) is 1.98. The first-order valence-corrected chi connectivity index (χ1v) is 4.64. The van der Waals surface area contributed by atoms with Crippen molar-refractivity contribution in [2.75, 3.05) is 13.6 Å². The lowest BCUT2D eigenvalue weighted by atomic mass is 10.1. The number of hydrogen-bond donors (Lipinski definition) is 1. The average molecular weight is 225 g/mol. The first-order chi connectivity index (χ1) is 6.51. The van der Waals surface area contributed by atoms with Gasteiger partial charge in [0, 0.05) is 13.6 Å². The number of rotatable bonds is 2. The maximum atomic E-state index is 11.9. The maximum Gasteiger partial charge on any atom is 0.390 e. The van der Waals surface area contributed by atoms with Crippen LogP contribution in [0.2, 0.25) is 0 Å². The lowest BCUT2D eigenvalue weighted by molar-refractivity contribution is -0.135. The van der Waals surface area contributed by atoms with Crippen LogP contribution in [0.25, 0.3) is 0 Å². The molecule has 0 radical (unpaired) electrons. The fourth-order valence-electron chi connectivity index (χ4n) is 0.838. The Hall–Kier alpha value is -0.940. The molecule has 0 unspecified atom stereocenters. The van der Waals surface area contributed by atoms with Crippen molar-refractivity contribution in [1.29, 1.82) is 0 Å². The second-order valence-corrected chi connectivity index (χ2v) is 4.43. The molecule has 0 aliphatic rings. The number of hydrogen-bond acceptors (Lipinski definition) is 1. The fourth-order valence-corrected chi connectivity index (χ4v) is 0.838. The highest BCUT2D eigenvalue weighted by Gasteiger charge is 2.27. The van der Waals surface area contributed by atoms with Crippen molar-refractivity contribution < 1.29 is 13.2 Å². The summed E-state index contributed by atoms with van der Waals surface area (Å²) in [5, 5.41) is 0. The number of halogens is 3. The summed E-state index contributed by atoms with van der Waals surface area (Å²) in [6.07, 6.45) is -5.04. The van der Waals surface area contributed by atoms with E-state index >= 15 is 0 Å². The maximum absolute atomic E-state index is 11.9. The van der Waals surface area contributed by atoms with E-state index in [1.54, 1.807) is 0 Å². The smallest absolute Gasteiger partial charge is 0.370 e. The van der Waals surface area contributed by atoms with Crippen LogP contribution in [-0.2, 0) is 0 Å². The third kappa shape index (κ3) is 8.08. The summed E-state index contributed by atoms with van der Waals surface area (Å²) in [4.78, 5) is 5.37. The normalized spacial score (nSPS) is 14.2. The second-order valence-electron chi connectivity index (χ2n) is 4.43. The van der Waals surface area contributed by atoms with Crippen LogP contribution in [0.4, 0.5) is 13.2 Å². The van der Waals surface area contributed by atoms with Crippen LogP contribution in [0.1, 0.15) is 27.2 Å². The SMILES string of the molecule is CN(CCC(F)(F)F)C(N)=NC(C)(C)C. The van der Waals surface area contributed by atoms with Crippen LogP contribution in [-0.4, -0.2) is 36.2 Å². The molecule has 0 saturated heterocycles. The van der Waals surface area contributed by atoms with Gasteiger partial charge < -0.3 is 10.6 Å². The summed E-state index contributed by atoms with van der Waals surface area (Å²) in [6.45, 7) is 5.32. The minimum absolute atomic E-state index is 0.131. The summed E-state index contributed by atoms with van der Waals surface area (Å²) >= 11 is 0. The van der Waals surface area contributed by atoms with E-state index < -0.39 is 12.6 Å². The molecule has 6 heteroatoms. The Labute approximate surface area is 88.2 Å². The quantitative estimate of drug-likeness (QED) is 0.576. The highest BCUT2D eigenvalue weighted by molar-refractivity contribution is 5.78. The summed E-state index contributed by atoms with van der Waals surface area (Å²) < 4.78 is 35.7. The third-order valence-corrected chi connectivity index (χ3v) is 1.57. The van der Waals surface area contributed by atoms with Gasteiger partial charge >= 0.3 is 6.18 Å². The second kappa shape index (κ2) is 4.72. The van der Waals surface area contributed by atoms with Gasteiger partial charge in [0.15, 0.2) is 5.96 Å². The molecule has 2 N–H and O–H groups in total. The molecule has 0 bridgehead atoms. The molecule has 15 heavy (non-hydrogen) atoms. The van der Waals surface area contributed by atoms with Crippen LogP contribution < -0.4 is 5.73 Å². The Bertz CT molecular complexity index is 228. The van der Waals surface area contributed by atoms with Gasteiger partial charge in [-0.05, 0) is 20.8 Å². The van der Waals surface area contributed by atoms with Crippen molar-refractivity contribution in [3.63, 3.8) is 0 Å².